The molecule has 3 aromatic carbocycles. The molecule has 1 heterocycles. The van der Waals surface area contributed by atoms with Crippen LogP contribution in [0.5, 0.6) is 0 Å². The average molecular weight is 305 g/mol. The lowest BCUT2D eigenvalue weighted by atomic mass is 10.1. The van der Waals surface area contributed by atoms with Crippen molar-refractivity contribution in [3.8, 4) is 5.69 Å². The van der Waals surface area contributed by atoms with Crippen LogP contribution in [0.15, 0.2) is 78.9 Å². The zero-order valence-electron chi connectivity index (χ0n) is 12.2. The molecule has 3 heteroatoms. The molecular formula is C20H13F2N. The van der Waals surface area contributed by atoms with Crippen LogP contribution in [-0.2, 0) is 0 Å². The molecule has 112 valence electrons. The monoisotopic (exact) mass is 305 g/mol. The number of hydrogen-bond donors (Lipinski definition) is 0. The van der Waals surface area contributed by atoms with E-state index in [2.05, 4.69) is 4.57 Å². The Morgan fingerprint density at radius 2 is 1.43 bits per heavy atom. The summed E-state index contributed by atoms with van der Waals surface area (Å²) in [6, 6.07) is 23.5. The van der Waals surface area contributed by atoms with Gasteiger partial charge < -0.3 is 4.57 Å². The molecule has 0 unspecified atom stereocenters. The van der Waals surface area contributed by atoms with Crippen molar-refractivity contribution < 1.29 is 8.78 Å². The van der Waals surface area contributed by atoms with Crippen molar-refractivity contribution in [2.24, 2.45) is 0 Å². The topological polar surface area (TPSA) is 4.93 Å². The Morgan fingerprint density at radius 3 is 2.22 bits per heavy atom. The molecular weight excluding hydrogens is 292 g/mol. The Hall–Kier alpha value is -2.94. The van der Waals surface area contributed by atoms with Gasteiger partial charge in [-0.25, -0.2) is 0 Å². The summed E-state index contributed by atoms with van der Waals surface area (Å²) in [5.74, 6) is 0. The summed E-state index contributed by atoms with van der Waals surface area (Å²) < 4.78 is 27.3. The SMILES string of the molecule is FC(F)=Cc1ccc2c(c1)c1ccccc1n2-c1ccccc1. The molecule has 0 aliphatic carbocycles. The van der Waals surface area contributed by atoms with Gasteiger partial charge in [0.2, 0.25) is 0 Å². The fraction of sp³-hybridized carbons (Fsp3) is 0. The van der Waals surface area contributed by atoms with Gasteiger partial charge in [-0.2, -0.15) is 8.78 Å². The lowest BCUT2D eigenvalue weighted by Crippen LogP contribution is -1.92. The second-order valence-electron chi connectivity index (χ2n) is 5.40. The van der Waals surface area contributed by atoms with Crippen molar-refractivity contribution in [1.29, 1.82) is 0 Å². The molecule has 0 atom stereocenters. The van der Waals surface area contributed by atoms with E-state index in [0.29, 0.717) is 5.56 Å². The second kappa shape index (κ2) is 5.36. The van der Waals surface area contributed by atoms with Crippen LogP contribution in [0.4, 0.5) is 8.78 Å². The van der Waals surface area contributed by atoms with E-state index in [0.717, 1.165) is 33.6 Å². The summed E-state index contributed by atoms with van der Waals surface area (Å²) in [6.45, 7) is 0. The van der Waals surface area contributed by atoms with Gasteiger partial charge in [0.25, 0.3) is 6.08 Å². The van der Waals surface area contributed by atoms with Crippen molar-refractivity contribution in [2.75, 3.05) is 0 Å². The standard InChI is InChI=1S/C20H13F2N/c21-20(22)13-14-10-11-19-17(12-14)16-8-4-5-9-18(16)23(19)15-6-2-1-3-7-15/h1-13H. The molecule has 0 aliphatic rings. The fourth-order valence-electron chi connectivity index (χ4n) is 3.06. The van der Waals surface area contributed by atoms with Gasteiger partial charge in [0.15, 0.2) is 0 Å². The first-order chi connectivity index (χ1) is 11.2. The van der Waals surface area contributed by atoms with E-state index in [1.165, 1.54) is 0 Å². The van der Waals surface area contributed by atoms with Crippen LogP contribution in [-0.4, -0.2) is 4.57 Å². The number of aromatic nitrogens is 1. The van der Waals surface area contributed by atoms with Crippen molar-refractivity contribution >= 4 is 27.9 Å². The predicted octanol–water partition coefficient (Wildman–Crippen LogP) is 6.02. The molecule has 0 saturated heterocycles. The third-order valence-corrected chi connectivity index (χ3v) is 3.99. The molecule has 0 bridgehead atoms. The smallest absolute Gasteiger partial charge is 0.270 e. The number of rotatable bonds is 2. The molecule has 4 aromatic rings. The Kier molecular flexibility index (Phi) is 3.19. The van der Waals surface area contributed by atoms with Gasteiger partial charge in [0.05, 0.1) is 11.0 Å². The van der Waals surface area contributed by atoms with Crippen molar-refractivity contribution in [3.63, 3.8) is 0 Å². The zero-order valence-corrected chi connectivity index (χ0v) is 12.2. The van der Waals surface area contributed by atoms with E-state index in [1.807, 2.05) is 66.7 Å². The first kappa shape index (κ1) is 13.7. The molecule has 23 heavy (non-hydrogen) atoms. The highest BCUT2D eigenvalue weighted by atomic mass is 19.3. The van der Waals surface area contributed by atoms with E-state index < -0.39 is 6.08 Å². The number of para-hydroxylation sites is 2. The van der Waals surface area contributed by atoms with Crippen LogP contribution in [0.2, 0.25) is 0 Å². The molecule has 0 amide bonds. The van der Waals surface area contributed by atoms with E-state index >= 15 is 0 Å². The van der Waals surface area contributed by atoms with Gasteiger partial charge in [0.1, 0.15) is 0 Å². The fourth-order valence-corrected chi connectivity index (χ4v) is 3.06. The van der Waals surface area contributed by atoms with Gasteiger partial charge in [-0.3, -0.25) is 0 Å². The quantitative estimate of drug-likeness (QED) is 0.426. The molecule has 0 N–H and O–H groups in total. The van der Waals surface area contributed by atoms with Crippen LogP contribution < -0.4 is 0 Å². The van der Waals surface area contributed by atoms with Crippen LogP contribution >= 0.6 is 0 Å². The van der Waals surface area contributed by atoms with Gasteiger partial charge in [-0.15, -0.1) is 0 Å². The number of benzene rings is 3. The van der Waals surface area contributed by atoms with Gasteiger partial charge in [0, 0.05) is 22.5 Å². The lowest BCUT2D eigenvalue weighted by molar-refractivity contribution is 0.429. The summed E-state index contributed by atoms with van der Waals surface area (Å²) in [5, 5.41) is 2.03. The second-order valence-corrected chi connectivity index (χ2v) is 5.40. The number of hydrogen-bond acceptors (Lipinski definition) is 0. The molecule has 1 aromatic heterocycles. The first-order valence-electron chi connectivity index (χ1n) is 7.35. The third kappa shape index (κ3) is 2.30. The van der Waals surface area contributed by atoms with Gasteiger partial charge >= 0.3 is 0 Å². The lowest BCUT2D eigenvalue weighted by Gasteiger charge is -2.07. The third-order valence-electron chi connectivity index (χ3n) is 3.99. The molecule has 4 rings (SSSR count). The highest BCUT2D eigenvalue weighted by molar-refractivity contribution is 6.09. The number of halogens is 2. The summed E-state index contributed by atoms with van der Waals surface area (Å²) in [6.07, 6.45) is -0.787. The molecule has 0 aliphatic heterocycles. The van der Waals surface area contributed by atoms with E-state index in [-0.39, 0.29) is 0 Å². The minimum absolute atomic E-state index is 0.508. The van der Waals surface area contributed by atoms with Gasteiger partial charge in [-0.05, 0) is 35.9 Å². The van der Waals surface area contributed by atoms with Crippen molar-refractivity contribution in [2.45, 2.75) is 0 Å². The summed E-state index contributed by atoms with van der Waals surface area (Å²) in [4.78, 5) is 0. The molecule has 0 saturated carbocycles. The Balaban J connectivity index is 2.11. The maximum Gasteiger partial charge on any atom is 0.270 e. The van der Waals surface area contributed by atoms with Crippen molar-refractivity contribution in [1.82, 2.24) is 4.57 Å². The summed E-state index contributed by atoms with van der Waals surface area (Å²) >= 11 is 0. The molecule has 0 spiro atoms. The first-order valence-corrected chi connectivity index (χ1v) is 7.35. The van der Waals surface area contributed by atoms with Crippen LogP contribution in [0.25, 0.3) is 33.6 Å². The Labute approximate surface area is 132 Å². The molecule has 0 fully saturated rings. The average Bonchev–Trinajstić information content (AvgIpc) is 2.89. The molecule has 0 radical (unpaired) electrons. The van der Waals surface area contributed by atoms with Crippen LogP contribution in [0.3, 0.4) is 0 Å². The largest absolute Gasteiger partial charge is 0.309 e. The number of fused-ring (bicyclic) bond motifs is 3. The zero-order chi connectivity index (χ0) is 15.8. The van der Waals surface area contributed by atoms with Crippen LogP contribution in [0, 0.1) is 0 Å². The van der Waals surface area contributed by atoms with E-state index in [1.54, 1.807) is 6.07 Å². The van der Waals surface area contributed by atoms with Gasteiger partial charge in [-0.1, -0.05) is 42.5 Å². The predicted molar refractivity (Wildman–Crippen MR) is 91.0 cm³/mol. The summed E-state index contributed by atoms with van der Waals surface area (Å²) in [5.41, 5.74) is 3.64. The normalized spacial score (nSPS) is 11.0. The van der Waals surface area contributed by atoms with Crippen LogP contribution in [0.1, 0.15) is 5.56 Å². The van der Waals surface area contributed by atoms with E-state index in [9.17, 15) is 8.78 Å². The minimum Gasteiger partial charge on any atom is -0.309 e. The highest BCUT2D eigenvalue weighted by Crippen LogP contribution is 2.32. The Bertz CT molecular complexity index is 1030. The van der Waals surface area contributed by atoms with E-state index in [4.69, 9.17) is 0 Å². The number of nitrogens with zero attached hydrogens (tertiary/aromatic N) is 1. The molecule has 1 nitrogen and oxygen atoms in total. The highest BCUT2D eigenvalue weighted by Gasteiger charge is 2.11. The van der Waals surface area contributed by atoms with Crippen molar-refractivity contribution in [3.05, 3.63) is 84.4 Å². The maximum absolute atomic E-state index is 12.6. The summed E-state index contributed by atoms with van der Waals surface area (Å²) in [7, 11) is 0. The minimum atomic E-state index is -1.68. The Morgan fingerprint density at radius 1 is 0.739 bits per heavy atom. The maximum atomic E-state index is 12.6.